The van der Waals surface area contributed by atoms with E-state index in [4.69, 9.17) is 16.3 Å². The summed E-state index contributed by atoms with van der Waals surface area (Å²) in [6.07, 6.45) is 1.99. The largest absolute Gasteiger partial charge is 0.461 e. The van der Waals surface area contributed by atoms with Gasteiger partial charge >= 0.3 is 5.97 Å². The van der Waals surface area contributed by atoms with Crippen LogP contribution >= 0.6 is 23.4 Å². The molecule has 34 heavy (non-hydrogen) atoms. The Bertz CT molecular complexity index is 1240. The monoisotopic (exact) mass is 491 g/mol. The van der Waals surface area contributed by atoms with Crippen molar-refractivity contribution in [3.8, 4) is 0 Å². The van der Waals surface area contributed by atoms with Crippen LogP contribution in [0, 0.1) is 13.8 Å². The summed E-state index contributed by atoms with van der Waals surface area (Å²) < 4.78 is 5.73. The zero-order valence-corrected chi connectivity index (χ0v) is 20.8. The van der Waals surface area contributed by atoms with Crippen molar-refractivity contribution in [2.75, 3.05) is 17.3 Å². The molecule has 1 aliphatic heterocycles. The second kappa shape index (κ2) is 9.12. The van der Waals surface area contributed by atoms with Crippen molar-refractivity contribution in [1.82, 2.24) is 0 Å². The Morgan fingerprint density at radius 2 is 1.76 bits per heavy atom. The van der Waals surface area contributed by atoms with Crippen LogP contribution in [0.5, 0.6) is 0 Å². The van der Waals surface area contributed by atoms with Crippen LogP contribution in [0.4, 0.5) is 5.69 Å². The van der Waals surface area contributed by atoms with Gasteiger partial charge in [0.1, 0.15) is 12.0 Å². The highest BCUT2D eigenvalue weighted by Crippen LogP contribution is 2.48. The summed E-state index contributed by atoms with van der Waals surface area (Å²) in [5.74, 6) is 0.175. The molecular formula is C28H26ClNO3S. The van der Waals surface area contributed by atoms with Crippen LogP contribution in [0.1, 0.15) is 50.8 Å². The zero-order chi connectivity index (χ0) is 23.9. The molecule has 5 rings (SSSR count). The number of ether oxygens (including phenoxy) is 1. The van der Waals surface area contributed by atoms with Crippen molar-refractivity contribution in [2.45, 2.75) is 37.5 Å². The number of esters is 1. The van der Waals surface area contributed by atoms with Crippen molar-refractivity contribution in [3.63, 3.8) is 0 Å². The van der Waals surface area contributed by atoms with Crippen LogP contribution in [0.25, 0.3) is 0 Å². The van der Waals surface area contributed by atoms with Crippen molar-refractivity contribution < 1.29 is 14.3 Å². The first-order chi connectivity index (χ1) is 16.4. The van der Waals surface area contributed by atoms with E-state index in [0.717, 1.165) is 35.2 Å². The number of hydrogen-bond donors (Lipinski definition) is 0. The fourth-order valence-electron chi connectivity index (χ4n) is 4.47. The molecule has 0 spiro atoms. The first-order valence-corrected chi connectivity index (χ1v) is 12.8. The predicted octanol–water partition coefficient (Wildman–Crippen LogP) is 6.62. The first kappa shape index (κ1) is 23.0. The lowest BCUT2D eigenvalue weighted by atomic mass is 9.97. The van der Waals surface area contributed by atoms with Crippen molar-refractivity contribution >= 4 is 40.9 Å². The van der Waals surface area contributed by atoms with E-state index in [1.165, 1.54) is 5.56 Å². The number of anilines is 1. The molecule has 3 aromatic rings. The molecule has 0 bridgehead atoms. The average Bonchev–Trinajstić information content (AvgIpc) is 3.53. The molecule has 3 aromatic carbocycles. The van der Waals surface area contributed by atoms with E-state index >= 15 is 0 Å². The summed E-state index contributed by atoms with van der Waals surface area (Å²) in [6.45, 7) is 4.34. The Labute approximate surface area is 209 Å². The van der Waals surface area contributed by atoms with E-state index in [1.54, 1.807) is 17.8 Å². The number of carbonyl (C=O) groups excluding carboxylic acids is 2. The lowest BCUT2D eigenvalue weighted by Crippen LogP contribution is -2.28. The number of thioether (sulfide) groups is 1. The quantitative estimate of drug-likeness (QED) is 0.363. The molecule has 2 fully saturated rings. The molecule has 0 radical (unpaired) electrons. The Kier molecular flexibility index (Phi) is 6.17. The SMILES string of the molecule is Cc1ccc(C2SCC(=O)N2c2ccc(C(=O)OCC3(c4ccc(Cl)cc4)CC3)cc2C)cc1. The van der Waals surface area contributed by atoms with Gasteiger partial charge in [0, 0.05) is 16.1 Å². The molecule has 1 amide bonds. The Morgan fingerprint density at radius 3 is 2.41 bits per heavy atom. The second-order valence-corrected chi connectivity index (χ2v) is 10.7. The topological polar surface area (TPSA) is 46.6 Å². The number of halogens is 1. The first-order valence-electron chi connectivity index (χ1n) is 11.4. The number of rotatable bonds is 6. The van der Waals surface area contributed by atoms with Crippen molar-refractivity contribution in [1.29, 1.82) is 0 Å². The van der Waals surface area contributed by atoms with Crippen LogP contribution < -0.4 is 4.90 Å². The molecule has 1 unspecified atom stereocenters. The van der Waals surface area contributed by atoms with Gasteiger partial charge in [-0.15, -0.1) is 11.8 Å². The number of nitrogens with zero attached hydrogens (tertiary/aromatic N) is 1. The highest BCUT2D eigenvalue weighted by molar-refractivity contribution is 8.00. The Morgan fingerprint density at radius 1 is 1.06 bits per heavy atom. The van der Waals surface area contributed by atoms with Crippen LogP contribution in [-0.4, -0.2) is 24.2 Å². The normalized spacial score (nSPS) is 18.7. The van der Waals surface area contributed by atoms with Crippen LogP contribution in [0.15, 0.2) is 66.7 Å². The number of aryl methyl sites for hydroxylation is 2. The van der Waals surface area contributed by atoms with Gasteiger partial charge in [-0.1, -0.05) is 53.6 Å². The molecule has 1 atom stereocenters. The summed E-state index contributed by atoms with van der Waals surface area (Å²) in [4.78, 5) is 27.5. The molecule has 1 aliphatic carbocycles. The van der Waals surface area contributed by atoms with E-state index in [1.807, 2.05) is 48.2 Å². The Balaban J connectivity index is 1.31. The smallest absolute Gasteiger partial charge is 0.338 e. The molecule has 1 saturated heterocycles. The van der Waals surface area contributed by atoms with Crippen LogP contribution in [0.3, 0.4) is 0 Å². The van der Waals surface area contributed by atoms with E-state index in [0.29, 0.717) is 22.9 Å². The molecule has 174 valence electrons. The summed E-state index contributed by atoms with van der Waals surface area (Å²) in [6, 6.07) is 21.5. The van der Waals surface area contributed by atoms with E-state index in [-0.39, 0.29) is 22.7 Å². The zero-order valence-electron chi connectivity index (χ0n) is 19.2. The maximum Gasteiger partial charge on any atom is 0.338 e. The third-order valence-electron chi connectivity index (χ3n) is 6.71. The minimum atomic E-state index is -0.341. The summed E-state index contributed by atoms with van der Waals surface area (Å²) >= 11 is 7.64. The highest BCUT2D eigenvalue weighted by Gasteiger charge is 2.45. The van der Waals surface area contributed by atoms with E-state index in [9.17, 15) is 9.59 Å². The molecule has 1 saturated carbocycles. The lowest BCUT2D eigenvalue weighted by Gasteiger charge is -2.26. The van der Waals surface area contributed by atoms with Crippen molar-refractivity contribution in [3.05, 3.63) is 99.6 Å². The molecule has 0 aromatic heterocycles. The van der Waals surface area contributed by atoms with E-state index in [2.05, 4.69) is 31.2 Å². The maximum atomic E-state index is 12.8. The highest BCUT2D eigenvalue weighted by atomic mass is 35.5. The lowest BCUT2D eigenvalue weighted by molar-refractivity contribution is -0.115. The molecule has 0 N–H and O–H groups in total. The van der Waals surface area contributed by atoms with Gasteiger partial charge in [0.25, 0.3) is 0 Å². The summed E-state index contributed by atoms with van der Waals surface area (Å²) in [5, 5.41) is 0.630. The molecular weight excluding hydrogens is 466 g/mol. The summed E-state index contributed by atoms with van der Waals surface area (Å²) in [7, 11) is 0. The van der Waals surface area contributed by atoms with Crippen molar-refractivity contribution in [2.24, 2.45) is 0 Å². The van der Waals surface area contributed by atoms with Gasteiger partial charge in [0.15, 0.2) is 0 Å². The van der Waals surface area contributed by atoms with Gasteiger partial charge in [-0.3, -0.25) is 9.69 Å². The number of benzene rings is 3. The van der Waals surface area contributed by atoms with Crippen LogP contribution in [-0.2, 0) is 14.9 Å². The summed E-state index contributed by atoms with van der Waals surface area (Å²) in [5.41, 5.74) is 5.55. The second-order valence-electron chi connectivity index (χ2n) is 9.20. The van der Waals surface area contributed by atoms with Crippen LogP contribution in [0.2, 0.25) is 5.02 Å². The van der Waals surface area contributed by atoms with Gasteiger partial charge in [0.2, 0.25) is 5.91 Å². The molecule has 1 heterocycles. The van der Waals surface area contributed by atoms with Gasteiger partial charge in [-0.2, -0.15) is 0 Å². The van der Waals surface area contributed by atoms with Gasteiger partial charge < -0.3 is 4.74 Å². The predicted molar refractivity (Wildman–Crippen MR) is 138 cm³/mol. The average molecular weight is 492 g/mol. The molecule has 6 heteroatoms. The maximum absolute atomic E-state index is 12.8. The molecule has 4 nitrogen and oxygen atoms in total. The fraction of sp³-hybridized carbons (Fsp3) is 0.286. The van der Waals surface area contributed by atoms with Gasteiger partial charge in [-0.05, 0) is 73.7 Å². The Hall–Kier alpha value is -2.76. The molecule has 2 aliphatic rings. The van der Waals surface area contributed by atoms with Gasteiger partial charge in [0.05, 0.1) is 11.3 Å². The fourth-order valence-corrected chi connectivity index (χ4v) is 5.77. The number of hydrogen-bond acceptors (Lipinski definition) is 4. The minimum absolute atomic E-state index is 0.0706. The third kappa shape index (κ3) is 4.47. The number of amides is 1. The third-order valence-corrected chi connectivity index (χ3v) is 8.18. The van der Waals surface area contributed by atoms with E-state index < -0.39 is 0 Å². The standard InChI is InChI=1S/C28H26ClNO3S/c1-18-3-5-20(6-4-18)26-30(25(31)16-34-26)24-12-7-21(15-19(24)2)27(32)33-17-28(13-14-28)22-8-10-23(29)11-9-22/h3-12,15,26H,13-14,16-17H2,1-2H3. The minimum Gasteiger partial charge on any atom is -0.461 e. The van der Waals surface area contributed by atoms with Gasteiger partial charge in [-0.25, -0.2) is 4.79 Å². The number of carbonyl (C=O) groups is 2.